The van der Waals surface area contributed by atoms with Crippen LogP contribution < -0.4 is 14.8 Å². The Morgan fingerprint density at radius 2 is 1.81 bits per heavy atom. The third kappa shape index (κ3) is 4.45. The minimum atomic E-state index is -1.01. The van der Waals surface area contributed by atoms with Crippen molar-refractivity contribution in [3.05, 3.63) is 23.8 Å². The van der Waals surface area contributed by atoms with Gasteiger partial charge >= 0.3 is 5.97 Å². The Kier molecular flexibility index (Phi) is 6.45. The first kappa shape index (κ1) is 19.6. The number of nitrogens with zero attached hydrogens (tertiary/aromatic N) is 1. The second kappa shape index (κ2) is 8.56. The number of nitriles is 1. The van der Waals surface area contributed by atoms with Gasteiger partial charge in [0.25, 0.3) is 5.91 Å². The van der Waals surface area contributed by atoms with Crippen molar-refractivity contribution in [1.29, 1.82) is 5.26 Å². The highest BCUT2D eigenvalue weighted by Gasteiger charge is 2.35. The molecule has 0 heterocycles. The second-order valence-electron chi connectivity index (χ2n) is 6.36. The van der Waals surface area contributed by atoms with Crippen molar-refractivity contribution in [2.75, 3.05) is 14.2 Å². The quantitative estimate of drug-likeness (QED) is 0.783. The van der Waals surface area contributed by atoms with Crippen LogP contribution in [-0.4, -0.2) is 37.7 Å². The van der Waals surface area contributed by atoms with E-state index in [1.807, 2.05) is 0 Å². The number of benzene rings is 1. The molecule has 1 atom stereocenters. The van der Waals surface area contributed by atoms with Crippen molar-refractivity contribution in [1.82, 2.24) is 5.32 Å². The number of hydrogen-bond acceptors (Lipinski definition) is 6. The monoisotopic (exact) mass is 360 g/mol. The molecule has 2 rings (SSSR count). The molecule has 7 nitrogen and oxygen atoms in total. The summed E-state index contributed by atoms with van der Waals surface area (Å²) in [6.45, 7) is 1.49. The lowest BCUT2D eigenvalue weighted by atomic mass is 9.83. The Morgan fingerprint density at radius 3 is 2.38 bits per heavy atom. The minimum absolute atomic E-state index is 0.245. The Bertz CT molecular complexity index is 704. The molecule has 1 fully saturated rings. The summed E-state index contributed by atoms with van der Waals surface area (Å²) in [6.07, 6.45) is 3.07. The molecule has 140 valence electrons. The van der Waals surface area contributed by atoms with Crippen molar-refractivity contribution in [3.63, 3.8) is 0 Å². The number of ether oxygens (including phenoxy) is 3. The molecule has 1 N–H and O–H groups in total. The van der Waals surface area contributed by atoms with Gasteiger partial charge in [-0.1, -0.05) is 19.3 Å². The lowest BCUT2D eigenvalue weighted by Crippen LogP contribution is -2.52. The van der Waals surface area contributed by atoms with Gasteiger partial charge in [0.05, 0.1) is 25.9 Å². The zero-order valence-electron chi connectivity index (χ0n) is 15.3. The molecule has 7 heteroatoms. The highest BCUT2D eigenvalue weighted by atomic mass is 16.5. The van der Waals surface area contributed by atoms with Gasteiger partial charge in [-0.3, -0.25) is 4.79 Å². The molecule has 0 aliphatic heterocycles. The lowest BCUT2D eigenvalue weighted by molar-refractivity contribution is -0.130. The van der Waals surface area contributed by atoms with Crippen LogP contribution in [0.1, 0.15) is 49.4 Å². The van der Waals surface area contributed by atoms with Crippen LogP contribution in [0.3, 0.4) is 0 Å². The van der Waals surface area contributed by atoms with Crippen molar-refractivity contribution < 1.29 is 23.8 Å². The van der Waals surface area contributed by atoms with E-state index in [1.165, 1.54) is 33.3 Å². The molecular formula is C19H24N2O5. The van der Waals surface area contributed by atoms with E-state index in [0.29, 0.717) is 24.3 Å². The SMILES string of the molecule is COc1ccc(C(=O)O[C@@H](C)C(=O)NC2(C#N)CCCCC2)cc1OC. The standard InChI is InChI=1S/C19H24N2O5/c1-13(17(22)21-19(12-20)9-5-4-6-10-19)26-18(23)14-7-8-15(24-2)16(11-14)25-3/h7-8,11,13H,4-6,9-10H2,1-3H3,(H,21,22)/t13-/m0/s1. The molecule has 0 saturated heterocycles. The van der Waals surface area contributed by atoms with Gasteiger partial charge in [0.1, 0.15) is 5.54 Å². The molecule has 0 aromatic heterocycles. The molecule has 1 aliphatic carbocycles. The number of amides is 1. The van der Waals surface area contributed by atoms with E-state index in [1.54, 1.807) is 6.07 Å². The van der Waals surface area contributed by atoms with Crippen LogP contribution in [0.5, 0.6) is 11.5 Å². The van der Waals surface area contributed by atoms with Crippen LogP contribution in [0.4, 0.5) is 0 Å². The molecule has 0 spiro atoms. The van der Waals surface area contributed by atoms with Crippen LogP contribution in [-0.2, 0) is 9.53 Å². The number of methoxy groups -OCH3 is 2. The van der Waals surface area contributed by atoms with Gasteiger partial charge in [0, 0.05) is 0 Å². The fourth-order valence-electron chi connectivity index (χ4n) is 3.00. The van der Waals surface area contributed by atoms with Gasteiger partial charge in [-0.25, -0.2) is 4.79 Å². The summed E-state index contributed by atoms with van der Waals surface area (Å²) in [5.41, 5.74) is -0.616. The third-order valence-corrected chi connectivity index (χ3v) is 4.56. The average molecular weight is 360 g/mol. The first-order chi connectivity index (χ1) is 12.4. The zero-order chi connectivity index (χ0) is 19.2. The maximum absolute atomic E-state index is 12.4. The molecule has 0 bridgehead atoms. The van der Waals surface area contributed by atoms with Gasteiger partial charge in [0.15, 0.2) is 17.6 Å². The van der Waals surface area contributed by atoms with Gasteiger partial charge in [-0.05, 0) is 38.0 Å². The molecule has 1 saturated carbocycles. The molecule has 26 heavy (non-hydrogen) atoms. The number of carbonyl (C=O) groups excluding carboxylic acids is 2. The summed E-state index contributed by atoms with van der Waals surface area (Å²) in [4.78, 5) is 24.7. The van der Waals surface area contributed by atoms with Gasteiger partial charge in [-0.15, -0.1) is 0 Å². The van der Waals surface area contributed by atoms with Crippen molar-refractivity contribution in [2.24, 2.45) is 0 Å². The first-order valence-corrected chi connectivity index (χ1v) is 8.61. The summed E-state index contributed by atoms with van der Waals surface area (Å²) in [5, 5.41) is 12.2. The third-order valence-electron chi connectivity index (χ3n) is 4.56. The molecule has 1 aliphatic rings. The summed E-state index contributed by atoms with van der Waals surface area (Å²) >= 11 is 0. The number of carbonyl (C=O) groups is 2. The van der Waals surface area contributed by atoms with E-state index in [-0.39, 0.29) is 5.56 Å². The van der Waals surface area contributed by atoms with E-state index in [9.17, 15) is 14.9 Å². The molecule has 1 aromatic rings. The zero-order valence-corrected chi connectivity index (χ0v) is 15.3. The van der Waals surface area contributed by atoms with Gasteiger partial charge in [-0.2, -0.15) is 5.26 Å². The van der Waals surface area contributed by atoms with E-state index >= 15 is 0 Å². The fourth-order valence-corrected chi connectivity index (χ4v) is 3.00. The number of nitrogens with one attached hydrogen (secondary N) is 1. The van der Waals surface area contributed by atoms with E-state index in [2.05, 4.69) is 11.4 Å². The Hall–Kier alpha value is -2.75. The van der Waals surface area contributed by atoms with E-state index in [4.69, 9.17) is 14.2 Å². The second-order valence-corrected chi connectivity index (χ2v) is 6.36. The van der Waals surface area contributed by atoms with E-state index < -0.39 is 23.5 Å². The highest BCUT2D eigenvalue weighted by molar-refractivity contribution is 5.93. The van der Waals surface area contributed by atoms with Gasteiger partial charge in [0.2, 0.25) is 0 Å². The van der Waals surface area contributed by atoms with E-state index in [0.717, 1.165) is 19.3 Å². The Morgan fingerprint density at radius 1 is 1.15 bits per heavy atom. The molecular weight excluding hydrogens is 336 g/mol. The predicted molar refractivity (Wildman–Crippen MR) is 94.0 cm³/mol. The average Bonchev–Trinajstić information content (AvgIpc) is 2.67. The number of esters is 1. The first-order valence-electron chi connectivity index (χ1n) is 8.61. The highest BCUT2D eigenvalue weighted by Crippen LogP contribution is 2.29. The van der Waals surface area contributed by atoms with Crippen LogP contribution >= 0.6 is 0 Å². The van der Waals surface area contributed by atoms with Crippen LogP contribution in [0.25, 0.3) is 0 Å². The van der Waals surface area contributed by atoms with Gasteiger partial charge < -0.3 is 19.5 Å². The Balaban J connectivity index is 2.02. The van der Waals surface area contributed by atoms with Crippen LogP contribution in [0.15, 0.2) is 18.2 Å². The molecule has 0 radical (unpaired) electrons. The largest absolute Gasteiger partial charge is 0.493 e. The minimum Gasteiger partial charge on any atom is -0.493 e. The smallest absolute Gasteiger partial charge is 0.339 e. The Labute approximate surface area is 153 Å². The molecule has 0 unspecified atom stereocenters. The topological polar surface area (TPSA) is 97.6 Å². The van der Waals surface area contributed by atoms with Crippen molar-refractivity contribution in [2.45, 2.75) is 50.7 Å². The lowest BCUT2D eigenvalue weighted by Gasteiger charge is -2.32. The maximum Gasteiger partial charge on any atom is 0.339 e. The van der Waals surface area contributed by atoms with Crippen molar-refractivity contribution in [3.8, 4) is 17.6 Å². The summed E-state index contributed by atoms with van der Waals surface area (Å²) < 4.78 is 15.5. The van der Waals surface area contributed by atoms with Crippen LogP contribution in [0, 0.1) is 11.3 Å². The summed E-state index contributed by atoms with van der Waals surface area (Å²) in [7, 11) is 2.97. The summed E-state index contributed by atoms with van der Waals surface area (Å²) in [6, 6.07) is 6.83. The fraction of sp³-hybridized carbons (Fsp3) is 0.526. The molecule has 1 aromatic carbocycles. The molecule has 1 amide bonds. The predicted octanol–water partition coefficient (Wildman–Crippen LogP) is 2.59. The normalized spacial score (nSPS) is 16.7. The maximum atomic E-state index is 12.4. The number of hydrogen-bond donors (Lipinski definition) is 1. The van der Waals surface area contributed by atoms with Crippen LogP contribution in [0.2, 0.25) is 0 Å². The summed E-state index contributed by atoms with van der Waals surface area (Å²) in [5.74, 6) is -0.238. The number of rotatable bonds is 6. The van der Waals surface area contributed by atoms with Crippen molar-refractivity contribution >= 4 is 11.9 Å².